The number of benzene rings is 2. The van der Waals surface area contributed by atoms with Crippen LogP contribution in [0, 0.1) is 6.92 Å². The normalized spacial score (nSPS) is 11.8. The number of aromatic nitrogens is 5. The Hall–Kier alpha value is -4.41. The lowest BCUT2D eigenvalue weighted by atomic mass is 10.1. The average molecular weight is 467 g/mol. The molecule has 11 heteroatoms. The van der Waals surface area contributed by atoms with E-state index in [0.717, 1.165) is 11.1 Å². The zero-order valence-corrected chi connectivity index (χ0v) is 17.7. The highest BCUT2D eigenvalue weighted by atomic mass is 19.4. The maximum atomic E-state index is 13.0. The topological polar surface area (TPSA) is 87.5 Å². The molecular formula is C23H16F3N5O3. The SMILES string of the molecule is Cc1nc(-c2cccc(Cn3nc4ccc(-c5ccc(OC(F)(F)F)cc5)cn4c3=O)c2)no1. The molecule has 0 bridgehead atoms. The smallest absolute Gasteiger partial charge is 0.406 e. The van der Waals surface area contributed by atoms with E-state index in [1.54, 1.807) is 25.3 Å². The summed E-state index contributed by atoms with van der Waals surface area (Å²) in [6.07, 6.45) is -3.16. The summed E-state index contributed by atoms with van der Waals surface area (Å²) < 4.78 is 48.8. The Labute approximate surface area is 189 Å². The highest BCUT2D eigenvalue weighted by Crippen LogP contribution is 2.26. The van der Waals surface area contributed by atoms with Gasteiger partial charge in [-0.1, -0.05) is 35.5 Å². The van der Waals surface area contributed by atoms with Crippen LogP contribution >= 0.6 is 0 Å². The maximum Gasteiger partial charge on any atom is 0.573 e. The summed E-state index contributed by atoms with van der Waals surface area (Å²) in [5.74, 6) is 0.591. The Morgan fingerprint density at radius 1 is 1.00 bits per heavy atom. The highest BCUT2D eigenvalue weighted by Gasteiger charge is 2.31. The lowest BCUT2D eigenvalue weighted by Crippen LogP contribution is -2.21. The predicted octanol–water partition coefficient (Wildman–Crippen LogP) is 4.47. The van der Waals surface area contributed by atoms with Gasteiger partial charge in [0, 0.05) is 18.7 Å². The van der Waals surface area contributed by atoms with Crippen LogP contribution in [0.3, 0.4) is 0 Å². The van der Waals surface area contributed by atoms with Gasteiger partial charge in [0.2, 0.25) is 11.7 Å². The summed E-state index contributed by atoms with van der Waals surface area (Å²) in [7, 11) is 0. The fourth-order valence-electron chi connectivity index (χ4n) is 3.54. The zero-order chi connectivity index (χ0) is 23.9. The maximum absolute atomic E-state index is 13.0. The van der Waals surface area contributed by atoms with Gasteiger partial charge in [-0.2, -0.15) is 4.98 Å². The Balaban J connectivity index is 1.42. The van der Waals surface area contributed by atoms with Gasteiger partial charge in [-0.05, 0) is 47.0 Å². The van der Waals surface area contributed by atoms with Crippen molar-refractivity contribution in [3.05, 3.63) is 88.8 Å². The van der Waals surface area contributed by atoms with Gasteiger partial charge in [-0.15, -0.1) is 18.3 Å². The summed E-state index contributed by atoms with van der Waals surface area (Å²) in [5.41, 5.74) is 2.93. The van der Waals surface area contributed by atoms with Gasteiger partial charge in [-0.3, -0.25) is 0 Å². The molecule has 0 unspecified atom stereocenters. The largest absolute Gasteiger partial charge is 0.573 e. The number of rotatable bonds is 5. The second-order valence-electron chi connectivity index (χ2n) is 7.50. The molecule has 0 aliphatic heterocycles. The van der Waals surface area contributed by atoms with E-state index >= 15 is 0 Å². The summed E-state index contributed by atoms with van der Waals surface area (Å²) in [6, 6.07) is 16.2. The molecule has 0 radical (unpaired) electrons. The van der Waals surface area contributed by atoms with E-state index in [1.165, 1.54) is 33.3 Å². The third kappa shape index (κ3) is 4.40. The first-order chi connectivity index (χ1) is 16.2. The van der Waals surface area contributed by atoms with Crippen LogP contribution in [0.15, 0.2) is 76.2 Å². The minimum Gasteiger partial charge on any atom is -0.406 e. The molecule has 5 aromatic rings. The second kappa shape index (κ2) is 8.18. The molecule has 0 atom stereocenters. The molecule has 3 heterocycles. The van der Waals surface area contributed by atoms with Gasteiger partial charge in [0.15, 0.2) is 5.65 Å². The molecule has 0 spiro atoms. The third-order valence-electron chi connectivity index (χ3n) is 5.04. The number of halogens is 3. The van der Waals surface area contributed by atoms with E-state index in [4.69, 9.17) is 4.52 Å². The number of pyridine rings is 1. The number of fused-ring (bicyclic) bond motifs is 1. The lowest BCUT2D eigenvalue weighted by molar-refractivity contribution is -0.274. The molecule has 172 valence electrons. The number of hydrogen-bond donors (Lipinski definition) is 0. The van der Waals surface area contributed by atoms with Crippen LogP contribution in [0.2, 0.25) is 0 Å². The first kappa shape index (κ1) is 21.4. The van der Waals surface area contributed by atoms with Crippen LogP contribution in [0.25, 0.3) is 28.2 Å². The van der Waals surface area contributed by atoms with E-state index < -0.39 is 6.36 Å². The number of hydrogen-bond acceptors (Lipinski definition) is 6. The van der Waals surface area contributed by atoms with E-state index in [2.05, 4.69) is 20.0 Å². The van der Waals surface area contributed by atoms with Crippen molar-refractivity contribution in [1.29, 1.82) is 0 Å². The van der Waals surface area contributed by atoms with Crippen LogP contribution in [0.5, 0.6) is 5.75 Å². The van der Waals surface area contributed by atoms with Crippen molar-refractivity contribution >= 4 is 5.65 Å². The fraction of sp³-hybridized carbons (Fsp3) is 0.130. The molecule has 34 heavy (non-hydrogen) atoms. The summed E-state index contributed by atoms with van der Waals surface area (Å²) >= 11 is 0. The first-order valence-corrected chi connectivity index (χ1v) is 10.1. The van der Waals surface area contributed by atoms with Gasteiger partial charge >= 0.3 is 12.1 Å². The van der Waals surface area contributed by atoms with Gasteiger partial charge in [-0.25, -0.2) is 13.9 Å². The Bertz CT molecular complexity index is 1530. The summed E-state index contributed by atoms with van der Waals surface area (Å²) in [4.78, 5) is 17.2. The Morgan fingerprint density at radius 2 is 1.76 bits per heavy atom. The number of alkyl halides is 3. The standard InChI is InChI=1S/C23H16F3N5O3/c1-14-27-21(29-34-14)17-4-2-3-15(11-17)12-31-22(32)30-13-18(7-10-20(30)28-31)16-5-8-19(9-6-16)33-23(24,25)26/h2-11,13H,12H2,1H3. The minimum absolute atomic E-state index is 0.226. The summed E-state index contributed by atoms with van der Waals surface area (Å²) in [5, 5.41) is 8.29. The van der Waals surface area contributed by atoms with Crippen LogP contribution in [0.4, 0.5) is 13.2 Å². The minimum atomic E-state index is -4.76. The lowest BCUT2D eigenvalue weighted by Gasteiger charge is -2.09. The molecule has 0 saturated carbocycles. The molecule has 0 aliphatic carbocycles. The fourth-order valence-corrected chi connectivity index (χ4v) is 3.54. The first-order valence-electron chi connectivity index (χ1n) is 10.1. The molecule has 0 saturated heterocycles. The van der Waals surface area contributed by atoms with Crippen LogP contribution in [-0.4, -0.2) is 30.7 Å². The predicted molar refractivity (Wildman–Crippen MR) is 115 cm³/mol. The van der Waals surface area contributed by atoms with E-state index in [0.29, 0.717) is 28.5 Å². The highest BCUT2D eigenvalue weighted by molar-refractivity contribution is 5.65. The van der Waals surface area contributed by atoms with E-state index in [9.17, 15) is 18.0 Å². The monoisotopic (exact) mass is 467 g/mol. The van der Waals surface area contributed by atoms with E-state index in [-0.39, 0.29) is 18.0 Å². The van der Waals surface area contributed by atoms with Crippen LogP contribution in [0.1, 0.15) is 11.5 Å². The van der Waals surface area contributed by atoms with Crippen molar-refractivity contribution in [2.45, 2.75) is 19.8 Å². The average Bonchev–Trinajstić information content (AvgIpc) is 3.37. The third-order valence-corrected chi connectivity index (χ3v) is 5.04. The Kier molecular flexibility index (Phi) is 5.16. The molecule has 0 aliphatic rings. The quantitative estimate of drug-likeness (QED) is 0.379. The molecule has 3 aromatic heterocycles. The zero-order valence-electron chi connectivity index (χ0n) is 17.7. The van der Waals surface area contributed by atoms with Gasteiger partial charge in [0.25, 0.3) is 0 Å². The second-order valence-corrected chi connectivity index (χ2v) is 7.50. The molecule has 5 rings (SSSR count). The van der Waals surface area contributed by atoms with Crippen molar-refractivity contribution in [3.63, 3.8) is 0 Å². The van der Waals surface area contributed by atoms with Gasteiger partial charge < -0.3 is 9.26 Å². The number of ether oxygens (including phenoxy) is 1. The van der Waals surface area contributed by atoms with Crippen molar-refractivity contribution in [3.8, 4) is 28.3 Å². The molecule has 2 aromatic carbocycles. The molecule has 0 amide bonds. The summed E-state index contributed by atoms with van der Waals surface area (Å²) in [6.45, 7) is 1.93. The number of aryl methyl sites for hydroxylation is 1. The van der Waals surface area contributed by atoms with Crippen LogP contribution in [-0.2, 0) is 6.54 Å². The van der Waals surface area contributed by atoms with Crippen LogP contribution < -0.4 is 10.4 Å². The van der Waals surface area contributed by atoms with Gasteiger partial charge in [0.05, 0.1) is 6.54 Å². The molecule has 0 N–H and O–H groups in total. The van der Waals surface area contributed by atoms with Crippen molar-refractivity contribution in [2.24, 2.45) is 0 Å². The molecule has 0 fully saturated rings. The molecule has 8 nitrogen and oxygen atoms in total. The van der Waals surface area contributed by atoms with Crippen molar-refractivity contribution in [1.82, 2.24) is 24.3 Å². The van der Waals surface area contributed by atoms with Gasteiger partial charge in [0.1, 0.15) is 5.75 Å². The number of nitrogens with zero attached hydrogens (tertiary/aromatic N) is 5. The van der Waals surface area contributed by atoms with Crippen molar-refractivity contribution < 1.29 is 22.4 Å². The molecular weight excluding hydrogens is 451 g/mol. The van der Waals surface area contributed by atoms with E-state index in [1.807, 2.05) is 24.3 Å². The van der Waals surface area contributed by atoms with Crippen molar-refractivity contribution in [2.75, 3.05) is 0 Å². The Morgan fingerprint density at radius 3 is 2.47 bits per heavy atom.